The third-order valence-electron chi connectivity index (χ3n) is 2.42. The van der Waals surface area contributed by atoms with Crippen LogP contribution >= 0.6 is 34.7 Å². The number of thiophene rings is 1. The second kappa shape index (κ2) is 5.48. The number of aromatic amines is 1. The van der Waals surface area contributed by atoms with E-state index in [2.05, 4.69) is 10.2 Å². The highest BCUT2D eigenvalue weighted by Crippen LogP contribution is 2.39. The van der Waals surface area contributed by atoms with E-state index in [1.807, 2.05) is 19.1 Å². The molecule has 0 saturated heterocycles. The quantitative estimate of drug-likeness (QED) is 0.847. The van der Waals surface area contributed by atoms with E-state index in [1.54, 1.807) is 7.05 Å². The first-order valence-electron chi connectivity index (χ1n) is 5.28. The fourth-order valence-corrected chi connectivity index (χ4v) is 3.88. The maximum atomic E-state index is 11.3. The molecular weight excluding hydrogens is 292 g/mol. The summed E-state index contributed by atoms with van der Waals surface area (Å²) in [7, 11) is 1.67. The van der Waals surface area contributed by atoms with Gasteiger partial charge in [-0.3, -0.25) is 4.57 Å². The smallest absolute Gasteiger partial charge is 0.327 e. The fourth-order valence-electron chi connectivity index (χ4n) is 1.46. The fraction of sp³-hybridized carbons (Fsp3) is 0.400. The summed E-state index contributed by atoms with van der Waals surface area (Å²) in [6.45, 7) is 1.93. The molecule has 0 fully saturated rings. The van der Waals surface area contributed by atoms with Crippen LogP contribution in [0.25, 0.3) is 0 Å². The number of nitrogens with one attached hydrogen (secondary N) is 1. The molecule has 2 rings (SSSR count). The van der Waals surface area contributed by atoms with E-state index < -0.39 is 0 Å². The lowest BCUT2D eigenvalue weighted by Gasteiger charge is -2.17. The Morgan fingerprint density at radius 2 is 2.33 bits per heavy atom. The number of nitrogens with two attached hydrogens (primary N) is 1. The number of rotatable bonds is 4. The van der Waals surface area contributed by atoms with Gasteiger partial charge in [0, 0.05) is 18.0 Å². The summed E-state index contributed by atoms with van der Waals surface area (Å²) in [4.78, 5) is 12.4. The van der Waals surface area contributed by atoms with E-state index in [0.29, 0.717) is 5.16 Å². The van der Waals surface area contributed by atoms with Crippen molar-refractivity contribution in [3.05, 3.63) is 31.8 Å². The number of H-pyrrole nitrogens is 1. The minimum atomic E-state index is -0.231. The third kappa shape index (κ3) is 2.80. The summed E-state index contributed by atoms with van der Waals surface area (Å²) in [5, 5.41) is 7.03. The molecule has 0 spiro atoms. The van der Waals surface area contributed by atoms with Crippen LogP contribution in [0.5, 0.6) is 0 Å². The van der Waals surface area contributed by atoms with Crippen LogP contribution in [0.2, 0.25) is 4.34 Å². The molecule has 0 bridgehead atoms. The second-order valence-electron chi connectivity index (χ2n) is 3.91. The minimum absolute atomic E-state index is 0.0244. The summed E-state index contributed by atoms with van der Waals surface area (Å²) >= 11 is 8.89. The average Bonchev–Trinajstić information content (AvgIpc) is 2.85. The highest BCUT2D eigenvalue weighted by Gasteiger charge is 2.22. The molecular formula is C10H13ClN4OS2. The van der Waals surface area contributed by atoms with Crippen LogP contribution in [0.1, 0.15) is 17.1 Å². The van der Waals surface area contributed by atoms with Crippen molar-refractivity contribution in [1.82, 2.24) is 14.8 Å². The predicted molar refractivity (Wildman–Crippen MR) is 75.4 cm³/mol. The van der Waals surface area contributed by atoms with Gasteiger partial charge in [-0.25, -0.2) is 9.89 Å². The summed E-state index contributed by atoms with van der Waals surface area (Å²) in [6.07, 6.45) is 0. The average molecular weight is 305 g/mol. The molecule has 2 unspecified atom stereocenters. The molecule has 0 aliphatic rings. The minimum Gasteiger partial charge on any atom is -0.327 e. The van der Waals surface area contributed by atoms with Crippen molar-refractivity contribution in [2.75, 3.05) is 0 Å². The standard InChI is InChI=1S/C10H13ClN4OS2/c1-5(12)8(6-3-4-7(11)17-6)18-10-14-13-9(16)15(10)2/h3-5,8H,12H2,1-2H3,(H,13,16). The van der Waals surface area contributed by atoms with Crippen LogP contribution in [-0.2, 0) is 7.05 Å². The van der Waals surface area contributed by atoms with Gasteiger partial charge in [-0.1, -0.05) is 23.4 Å². The van der Waals surface area contributed by atoms with Crippen LogP contribution in [0.15, 0.2) is 22.1 Å². The summed E-state index contributed by atoms with van der Waals surface area (Å²) in [6, 6.07) is 3.73. The van der Waals surface area contributed by atoms with Gasteiger partial charge < -0.3 is 5.73 Å². The van der Waals surface area contributed by atoms with Crippen LogP contribution in [0, 0.1) is 0 Å². The first-order valence-corrected chi connectivity index (χ1v) is 7.35. The van der Waals surface area contributed by atoms with Gasteiger partial charge in [0.2, 0.25) is 0 Å². The molecule has 98 valence electrons. The van der Waals surface area contributed by atoms with E-state index in [1.165, 1.54) is 27.7 Å². The molecule has 5 nitrogen and oxygen atoms in total. The Hall–Kier alpha value is -0.760. The highest BCUT2D eigenvalue weighted by atomic mass is 35.5. The molecule has 3 N–H and O–H groups in total. The summed E-state index contributed by atoms with van der Waals surface area (Å²) < 4.78 is 2.20. The lowest BCUT2D eigenvalue weighted by atomic mass is 10.2. The van der Waals surface area contributed by atoms with Crippen molar-refractivity contribution in [2.24, 2.45) is 12.8 Å². The topological polar surface area (TPSA) is 76.7 Å². The molecule has 18 heavy (non-hydrogen) atoms. The van der Waals surface area contributed by atoms with Gasteiger partial charge in [0.05, 0.1) is 9.59 Å². The number of thioether (sulfide) groups is 1. The van der Waals surface area contributed by atoms with Crippen LogP contribution in [-0.4, -0.2) is 20.8 Å². The Morgan fingerprint density at radius 3 is 2.78 bits per heavy atom. The van der Waals surface area contributed by atoms with Crippen LogP contribution in [0.3, 0.4) is 0 Å². The SMILES string of the molecule is CC(N)C(Sc1n[nH]c(=O)n1C)c1ccc(Cl)s1. The van der Waals surface area contributed by atoms with Crippen molar-refractivity contribution in [1.29, 1.82) is 0 Å². The van der Waals surface area contributed by atoms with Crippen molar-refractivity contribution in [3.63, 3.8) is 0 Å². The third-order valence-corrected chi connectivity index (χ3v) is 5.40. The maximum absolute atomic E-state index is 11.3. The monoisotopic (exact) mass is 304 g/mol. The zero-order chi connectivity index (χ0) is 13.3. The van der Waals surface area contributed by atoms with Crippen LogP contribution < -0.4 is 11.4 Å². The molecule has 0 aromatic carbocycles. The lowest BCUT2D eigenvalue weighted by molar-refractivity contribution is 0.713. The maximum Gasteiger partial charge on any atom is 0.343 e. The first kappa shape index (κ1) is 13.7. The van der Waals surface area contributed by atoms with Gasteiger partial charge in [-0.05, 0) is 19.1 Å². The molecule has 0 aliphatic carbocycles. The van der Waals surface area contributed by atoms with Gasteiger partial charge in [0.25, 0.3) is 0 Å². The number of nitrogens with zero attached hydrogens (tertiary/aromatic N) is 2. The van der Waals surface area contributed by atoms with E-state index in [9.17, 15) is 4.79 Å². The number of hydrogen-bond acceptors (Lipinski definition) is 5. The Labute approximate surface area is 117 Å². The number of hydrogen-bond donors (Lipinski definition) is 2. The first-order chi connectivity index (χ1) is 8.49. The normalized spacial score (nSPS) is 14.7. The van der Waals surface area contributed by atoms with Crippen molar-refractivity contribution < 1.29 is 0 Å². The molecule has 2 aromatic heterocycles. The molecule has 0 radical (unpaired) electrons. The molecule has 2 aromatic rings. The van der Waals surface area contributed by atoms with Gasteiger partial charge in [0.1, 0.15) is 0 Å². The summed E-state index contributed by atoms with van der Waals surface area (Å²) in [5.74, 6) is 0. The van der Waals surface area contributed by atoms with Crippen molar-refractivity contribution in [3.8, 4) is 0 Å². The zero-order valence-electron chi connectivity index (χ0n) is 9.88. The molecule has 0 amide bonds. The van der Waals surface area contributed by atoms with Crippen molar-refractivity contribution >= 4 is 34.7 Å². The molecule has 8 heteroatoms. The summed E-state index contributed by atoms with van der Waals surface area (Å²) in [5.41, 5.74) is 5.77. The molecule has 0 saturated carbocycles. The van der Waals surface area contributed by atoms with Crippen LogP contribution in [0.4, 0.5) is 0 Å². The van der Waals surface area contributed by atoms with E-state index in [-0.39, 0.29) is 17.0 Å². The Bertz CT molecular complexity index is 589. The van der Waals surface area contributed by atoms with Gasteiger partial charge in [-0.15, -0.1) is 16.4 Å². The van der Waals surface area contributed by atoms with Gasteiger partial charge in [-0.2, -0.15) is 0 Å². The van der Waals surface area contributed by atoms with E-state index >= 15 is 0 Å². The number of halogens is 1. The van der Waals surface area contributed by atoms with E-state index in [0.717, 1.165) is 9.21 Å². The number of aromatic nitrogens is 3. The Balaban J connectivity index is 2.27. The molecule has 2 atom stereocenters. The molecule has 2 heterocycles. The highest BCUT2D eigenvalue weighted by molar-refractivity contribution is 7.99. The largest absolute Gasteiger partial charge is 0.343 e. The van der Waals surface area contributed by atoms with Gasteiger partial charge in [0.15, 0.2) is 5.16 Å². The Kier molecular flexibility index (Phi) is 4.16. The van der Waals surface area contributed by atoms with Gasteiger partial charge >= 0.3 is 5.69 Å². The lowest BCUT2D eigenvalue weighted by Crippen LogP contribution is -2.22. The Morgan fingerprint density at radius 1 is 1.61 bits per heavy atom. The van der Waals surface area contributed by atoms with E-state index in [4.69, 9.17) is 17.3 Å². The zero-order valence-corrected chi connectivity index (χ0v) is 12.3. The second-order valence-corrected chi connectivity index (χ2v) is 6.77. The van der Waals surface area contributed by atoms with Crippen molar-refractivity contribution in [2.45, 2.75) is 23.4 Å². The predicted octanol–water partition coefficient (Wildman–Crippen LogP) is 2.00. The molecule has 0 aliphatic heterocycles.